The molecule has 0 amide bonds. The highest BCUT2D eigenvalue weighted by Gasteiger charge is 2.33. The van der Waals surface area contributed by atoms with Crippen molar-refractivity contribution in [2.75, 3.05) is 33.9 Å². The molecule has 2 aromatic heterocycles. The van der Waals surface area contributed by atoms with Crippen molar-refractivity contribution in [1.82, 2.24) is 14.5 Å². The van der Waals surface area contributed by atoms with E-state index in [-0.39, 0.29) is 22.9 Å². The van der Waals surface area contributed by atoms with Gasteiger partial charge in [-0.05, 0) is 81.0 Å². The summed E-state index contributed by atoms with van der Waals surface area (Å²) in [7, 11) is 3.19. The van der Waals surface area contributed by atoms with Gasteiger partial charge in [-0.25, -0.2) is 9.18 Å². The molecule has 1 atom stereocenters. The van der Waals surface area contributed by atoms with Crippen LogP contribution in [0.25, 0.3) is 28.0 Å². The number of rotatable bonds is 15. The summed E-state index contributed by atoms with van der Waals surface area (Å²) in [6.45, 7) is 5.30. The van der Waals surface area contributed by atoms with Crippen LogP contribution in [-0.4, -0.2) is 72.5 Å². The molecule has 7 N–H and O–H groups in total. The fraction of sp³-hybridized carbons (Fsp3) is 0.412. The number of ether oxygens (including phenoxy) is 3. The van der Waals surface area contributed by atoms with E-state index in [9.17, 15) is 18.0 Å². The smallest absolute Gasteiger partial charge is 0.403 e. The van der Waals surface area contributed by atoms with E-state index in [0.29, 0.717) is 73.9 Å². The number of nitrogens with two attached hydrogens (primary N) is 3. The number of amidine groups is 2. The zero-order chi connectivity index (χ0) is 36.8. The molecule has 0 aliphatic carbocycles. The molecule has 2 aromatic carbocycles. The lowest BCUT2D eigenvalue weighted by Crippen LogP contribution is -2.25. The molecule has 0 radical (unpaired) electrons. The SMILES string of the molecule is CN=C(C)N.COCC(N)CCCc1cc(OC(F)(F)F)c(F)c(-c2cc3cn(-c4ccc(COCCCN=C(C)N)cc4)c(=O)nc3[nH]2)c1. The first-order valence-electron chi connectivity index (χ1n) is 15.8. The first-order valence-corrected chi connectivity index (χ1v) is 15.8. The third-order valence-corrected chi connectivity index (χ3v) is 7.19. The number of alkyl halides is 3. The minimum Gasteiger partial charge on any atom is -0.403 e. The Morgan fingerprint density at radius 1 is 1.06 bits per heavy atom. The standard InChI is InChI=1S/C31H36F4N6O4.C3H8N2/c1-19(36)38-11-4-12-44-17-20-7-9-24(10-8-20)41-16-22-15-26(39-29(22)40-30(41)42)25-13-21(5-3-6-23(37)18-43-2)14-27(28(25)32)45-31(33,34)35;1-3(4)5-2/h7-10,13-16,23H,3-6,11-12,17-18,37H2,1-2H3,(H2,36,38)(H,39,40,42);1-2H3,(H2,4,5). The maximum absolute atomic E-state index is 15.4. The number of aromatic nitrogens is 3. The molecule has 0 aliphatic heterocycles. The Morgan fingerprint density at radius 2 is 1.76 bits per heavy atom. The summed E-state index contributed by atoms with van der Waals surface area (Å²) in [6.07, 6.45) is -1.42. The number of hydrogen-bond donors (Lipinski definition) is 4. The van der Waals surface area contributed by atoms with Crippen molar-refractivity contribution in [2.45, 2.75) is 58.5 Å². The number of hydrogen-bond acceptors (Lipinski definition) is 8. The summed E-state index contributed by atoms with van der Waals surface area (Å²) < 4.78 is 70.8. The number of benzene rings is 2. The van der Waals surface area contributed by atoms with Gasteiger partial charge < -0.3 is 36.4 Å². The van der Waals surface area contributed by atoms with Crippen molar-refractivity contribution in [1.29, 1.82) is 0 Å². The molecule has 50 heavy (non-hydrogen) atoms. The number of aryl methyl sites for hydroxylation is 1. The lowest BCUT2D eigenvalue weighted by Gasteiger charge is -2.15. The number of nitrogens with zero attached hydrogens (tertiary/aromatic N) is 4. The Morgan fingerprint density at radius 3 is 2.38 bits per heavy atom. The van der Waals surface area contributed by atoms with Crippen LogP contribution >= 0.6 is 0 Å². The minimum atomic E-state index is -5.09. The number of halogens is 4. The number of aliphatic imine (C=N–C) groups is 2. The Labute approximate surface area is 287 Å². The average Bonchev–Trinajstić information content (AvgIpc) is 3.46. The lowest BCUT2D eigenvalue weighted by atomic mass is 10.0. The molecule has 0 bridgehead atoms. The monoisotopic (exact) mass is 704 g/mol. The zero-order valence-electron chi connectivity index (χ0n) is 28.5. The van der Waals surface area contributed by atoms with Gasteiger partial charge in [0.15, 0.2) is 11.6 Å². The van der Waals surface area contributed by atoms with Crippen LogP contribution in [0.15, 0.2) is 63.4 Å². The maximum atomic E-state index is 15.4. The molecule has 0 saturated carbocycles. The van der Waals surface area contributed by atoms with Crippen LogP contribution in [0, 0.1) is 5.82 Å². The summed E-state index contributed by atoms with van der Waals surface area (Å²) in [5.41, 5.74) is 17.9. The summed E-state index contributed by atoms with van der Waals surface area (Å²) in [6, 6.07) is 10.9. The van der Waals surface area contributed by atoms with Gasteiger partial charge in [-0.1, -0.05) is 12.1 Å². The molecule has 272 valence electrons. The Bertz CT molecular complexity index is 1800. The third-order valence-electron chi connectivity index (χ3n) is 7.19. The summed E-state index contributed by atoms with van der Waals surface area (Å²) in [5, 5.41) is 0.445. The highest BCUT2D eigenvalue weighted by molar-refractivity contribution is 5.83. The Hall–Kier alpha value is -4.80. The molecular formula is C34H44F4N8O4. The van der Waals surface area contributed by atoms with Crippen LogP contribution in [0.2, 0.25) is 0 Å². The normalized spacial score (nSPS) is 12.9. The van der Waals surface area contributed by atoms with Crippen LogP contribution in [0.1, 0.15) is 44.2 Å². The molecular weight excluding hydrogens is 660 g/mol. The van der Waals surface area contributed by atoms with Crippen LogP contribution < -0.4 is 27.6 Å². The van der Waals surface area contributed by atoms with E-state index in [1.54, 1.807) is 33.0 Å². The van der Waals surface area contributed by atoms with Crippen molar-refractivity contribution in [2.24, 2.45) is 27.2 Å². The second kappa shape index (κ2) is 18.8. The molecule has 2 heterocycles. The largest absolute Gasteiger partial charge is 0.573 e. The van der Waals surface area contributed by atoms with E-state index >= 15 is 4.39 Å². The predicted molar refractivity (Wildman–Crippen MR) is 186 cm³/mol. The van der Waals surface area contributed by atoms with Gasteiger partial charge in [0, 0.05) is 50.5 Å². The van der Waals surface area contributed by atoms with Gasteiger partial charge in [0.05, 0.1) is 36.3 Å². The van der Waals surface area contributed by atoms with Crippen LogP contribution in [-0.2, 0) is 22.5 Å². The fourth-order valence-electron chi connectivity index (χ4n) is 4.75. The van der Waals surface area contributed by atoms with Crippen molar-refractivity contribution in [3.8, 4) is 22.7 Å². The van der Waals surface area contributed by atoms with Crippen LogP contribution in [0.5, 0.6) is 5.75 Å². The van der Waals surface area contributed by atoms with Crippen molar-refractivity contribution < 1.29 is 31.8 Å². The van der Waals surface area contributed by atoms with Gasteiger partial charge >= 0.3 is 12.1 Å². The lowest BCUT2D eigenvalue weighted by molar-refractivity contribution is -0.275. The van der Waals surface area contributed by atoms with Gasteiger partial charge in [-0.2, -0.15) is 4.98 Å². The second-order valence-electron chi connectivity index (χ2n) is 11.5. The zero-order valence-corrected chi connectivity index (χ0v) is 28.5. The quantitative estimate of drug-likeness (QED) is 0.0578. The topological polar surface area (TPSA) is 181 Å². The molecule has 0 fully saturated rings. The predicted octanol–water partition coefficient (Wildman–Crippen LogP) is 4.99. The van der Waals surface area contributed by atoms with Gasteiger partial charge in [0.25, 0.3) is 0 Å². The second-order valence-corrected chi connectivity index (χ2v) is 11.5. The number of aromatic amines is 1. The summed E-state index contributed by atoms with van der Waals surface area (Å²) >= 11 is 0. The average molecular weight is 705 g/mol. The third kappa shape index (κ3) is 12.6. The Kier molecular flexibility index (Phi) is 14.9. The van der Waals surface area contributed by atoms with E-state index in [2.05, 4.69) is 24.7 Å². The summed E-state index contributed by atoms with van der Waals surface area (Å²) in [5.74, 6) is -0.994. The highest BCUT2D eigenvalue weighted by atomic mass is 19.4. The highest BCUT2D eigenvalue weighted by Crippen LogP contribution is 2.35. The molecule has 16 heteroatoms. The van der Waals surface area contributed by atoms with Crippen molar-refractivity contribution in [3.05, 3.63) is 76.1 Å². The van der Waals surface area contributed by atoms with Crippen molar-refractivity contribution >= 4 is 22.7 Å². The van der Waals surface area contributed by atoms with E-state index < -0.39 is 23.6 Å². The number of nitrogens with one attached hydrogen (secondary N) is 1. The van der Waals surface area contributed by atoms with Crippen LogP contribution in [0.3, 0.4) is 0 Å². The molecule has 0 spiro atoms. The molecule has 12 nitrogen and oxygen atoms in total. The van der Waals surface area contributed by atoms with Crippen LogP contribution in [0.4, 0.5) is 17.6 Å². The van der Waals surface area contributed by atoms with E-state index in [4.69, 9.17) is 26.7 Å². The molecule has 0 saturated heterocycles. The number of H-pyrrole nitrogens is 1. The van der Waals surface area contributed by atoms with Crippen molar-refractivity contribution in [3.63, 3.8) is 0 Å². The minimum absolute atomic E-state index is 0.136. The maximum Gasteiger partial charge on any atom is 0.573 e. The molecule has 1 unspecified atom stereocenters. The van der Waals surface area contributed by atoms with Gasteiger partial charge in [-0.15, -0.1) is 13.2 Å². The van der Waals surface area contributed by atoms with E-state index in [0.717, 1.165) is 18.1 Å². The van der Waals surface area contributed by atoms with Gasteiger partial charge in [0.1, 0.15) is 5.65 Å². The molecule has 4 rings (SSSR count). The number of methoxy groups -OCH3 is 1. The van der Waals surface area contributed by atoms with E-state index in [1.165, 1.54) is 30.0 Å². The Balaban J connectivity index is 0.00000126. The van der Waals surface area contributed by atoms with Gasteiger partial charge in [-0.3, -0.25) is 14.6 Å². The first-order chi connectivity index (χ1) is 23.7. The fourth-order valence-corrected chi connectivity index (χ4v) is 4.75. The first kappa shape index (κ1) is 39.6. The summed E-state index contributed by atoms with van der Waals surface area (Å²) in [4.78, 5) is 27.5. The van der Waals surface area contributed by atoms with E-state index in [1.807, 2.05) is 12.1 Å². The number of fused-ring (bicyclic) bond motifs is 1. The van der Waals surface area contributed by atoms with Gasteiger partial charge in [0.2, 0.25) is 0 Å². The molecule has 4 aromatic rings. The molecule has 0 aliphatic rings.